The van der Waals surface area contributed by atoms with Crippen molar-refractivity contribution >= 4 is 37.7 Å². The lowest BCUT2D eigenvalue weighted by Crippen LogP contribution is -2.40. The molecular weight excluding hydrogens is 341 g/mol. The zero-order valence-electron chi connectivity index (χ0n) is 9.61. The molecular formula is C10H11BrFN3O3S. The Balaban J connectivity index is 2.25. The highest BCUT2D eigenvalue weighted by Crippen LogP contribution is 2.26. The largest absolute Gasteiger partial charge is 0.399 e. The molecule has 1 fully saturated rings. The Kier molecular flexibility index (Phi) is 3.68. The molecule has 1 aromatic rings. The van der Waals surface area contributed by atoms with Crippen LogP contribution in [0.1, 0.15) is 12.8 Å². The molecule has 2 rings (SSSR count). The summed E-state index contributed by atoms with van der Waals surface area (Å²) < 4.78 is 39.2. The standard InChI is InChI=1S/C10H11BrFN3O3S/c11-7-3-5(13)4-8(9(7)12)19(17,18)15-10(16)14-6-1-2-6/h3-4,6H,1-2,13H2,(H2,14,15,16). The highest BCUT2D eigenvalue weighted by atomic mass is 79.9. The third-order valence-electron chi connectivity index (χ3n) is 2.45. The summed E-state index contributed by atoms with van der Waals surface area (Å²) in [7, 11) is -4.30. The van der Waals surface area contributed by atoms with Crippen molar-refractivity contribution in [2.75, 3.05) is 5.73 Å². The normalized spacial score (nSPS) is 15.1. The number of benzene rings is 1. The van der Waals surface area contributed by atoms with Crippen molar-refractivity contribution in [3.63, 3.8) is 0 Å². The highest BCUT2D eigenvalue weighted by molar-refractivity contribution is 9.10. The summed E-state index contributed by atoms with van der Waals surface area (Å²) in [5.41, 5.74) is 5.52. The molecule has 0 saturated heterocycles. The second-order valence-corrected chi connectivity index (χ2v) is 6.67. The number of nitrogens with one attached hydrogen (secondary N) is 2. The van der Waals surface area contributed by atoms with Crippen LogP contribution in [0.2, 0.25) is 0 Å². The number of amides is 2. The molecule has 0 spiro atoms. The Morgan fingerprint density at radius 1 is 1.42 bits per heavy atom. The Morgan fingerprint density at radius 3 is 2.63 bits per heavy atom. The van der Waals surface area contributed by atoms with E-state index in [2.05, 4.69) is 21.2 Å². The number of nitrogens with two attached hydrogens (primary N) is 1. The van der Waals surface area contributed by atoms with Crippen LogP contribution in [0, 0.1) is 5.82 Å². The number of carbonyl (C=O) groups is 1. The molecule has 0 bridgehead atoms. The van der Waals surface area contributed by atoms with E-state index in [1.807, 2.05) is 0 Å². The van der Waals surface area contributed by atoms with Gasteiger partial charge in [0.05, 0.1) is 4.47 Å². The summed E-state index contributed by atoms with van der Waals surface area (Å²) in [6.45, 7) is 0. The molecule has 0 aliphatic heterocycles. The number of rotatable bonds is 3. The van der Waals surface area contributed by atoms with Crippen LogP contribution in [0.4, 0.5) is 14.9 Å². The Bertz CT molecular complexity index is 631. The van der Waals surface area contributed by atoms with Gasteiger partial charge in [-0.3, -0.25) is 0 Å². The molecule has 1 aromatic carbocycles. The molecule has 0 heterocycles. The van der Waals surface area contributed by atoms with Crippen LogP contribution < -0.4 is 15.8 Å². The number of halogens is 2. The molecule has 0 atom stereocenters. The van der Waals surface area contributed by atoms with E-state index in [1.165, 1.54) is 6.07 Å². The second kappa shape index (κ2) is 4.97. The van der Waals surface area contributed by atoms with Crippen LogP contribution in [-0.2, 0) is 10.0 Å². The topological polar surface area (TPSA) is 101 Å². The monoisotopic (exact) mass is 351 g/mol. The van der Waals surface area contributed by atoms with Crippen LogP contribution in [-0.4, -0.2) is 20.5 Å². The quantitative estimate of drug-likeness (QED) is 0.714. The number of hydrogen-bond donors (Lipinski definition) is 3. The molecule has 1 aliphatic rings. The summed E-state index contributed by atoms with van der Waals surface area (Å²) in [6, 6.07) is 1.30. The van der Waals surface area contributed by atoms with Crippen molar-refractivity contribution in [3.05, 3.63) is 22.4 Å². The summed E-state index contributed by atoms with van der Waals surface area (Å²) in [5, 5.41) is 2.43. The van der Waals surface area contributed by atoms with Gasteiger partial charge in [0.15, 0.2) is 5.82 Å². The zero-order valence-corrected chi connectivity index (χ0v) is 12.0. The number of hydrogen-bond acceptors (Lipinski definition) is 4. The molecule has 2 amide bonds. The van der Waals surface area contributed by atoms with Crippen LogP contribution in [0.15, 0.2) is 21.5 Å². The summed E-state index contributed by atoms with van der Waals surface area (Å²) in [5.74, 6) is -0.999. The van der Waals surface area contributed by atoms with E-state index >= 15 is 0 Å². The van der Waals surface area contributed by atoms with E-state index in [9.17, 15) is 17.6 Å². The molecule has 0 aromatic heterocycles. The van der Waals surface area contributed by atoms with Gasteiger partial charge < -0.3 is 11.1 Å². The fourth-order valence-corrected chi connectivity index (χ4v) is 3.06. The van der Waals surface area contributed by atoms with Gasteiger partial charge in [0.2, 0.25) is 0 Å². The van der Waals surface area contributed by atoms with Crippen molar-refractivity contribution in [1.29, 1.82) is 0 Å². The maximum atomic E-state index is 13.7. The van der Waals surface area contributed by atoms with E-state index in [0.717, 1.165) is 18.9 Å². The predicted octanol–water partition coefficient (Wildman–Crippen LogP) is 1.32. The first-order valence-electron chi connectivity index (χ1n) is 5.37. The van der Waals surface area contributed by atoms with Gasteiger partial charge >= 0.3 is 6.03 Å². The fourth-order valence-electron chi connectivity index (χ4n) is 1.40. The minimum Gasteiger partial charge on any atom is -0.399 e. The Morgan fingerprint density at radius 2 is 2.05 bits per heavy atom. The first-order valence-corrected chi connectivity index (χ1v) is 7.65. The Hall–Kier alpha value is -1.35. The van der Waals surface area contributed by atoms with Gasteiger partial charge in [-0.05, 0) is 40.9 Å². The van der Waals surface area contributed by atoms with E-state index in [1.54, 1.807) is 4.72 Å². The van der Waals surface area contributed by atoms with Gasteiger partial charge in [-0.25, -0.2) is 22.3 Å². The van der Waals surface area contributed by atoms with E-state index in [4.69, 9.17) is 5.73 Å². The molecule has 1 saturated carbocycles. The van der Waals surface area contributed by atoms with Crippen molar-refractivity contribution in [1.82, 2.24) is 10.0 Å². The zero-order chi connectivity index (χ0) is 14.2. The minimum absolute atomic E-state index is 0.00683. The molecule has 19 heavy (non-hydrogen) atoms. The van der Waals surface area contributed by atoms with Gasteiger partial charge in [-0.2, -0.15) is 0 Å². The van der Waals surface area contributed by atoms with Gasteiger partial charge in [0, 0.05) is 11.7 Å². The van der Waals surface area contributed by atoms with Crippen LogP contribution in [0.3, 0.4) is 0 Å². The lowest BCUT2D eigenvalue weighted by Gasteiger charge is -2.10. The SMILES string of the molecule is Nc1cc(Br)c(F)c(S(=O)(=O)NC(=O)NC2CC2)c1. The fraction of sp³-hybridized carbons (Fsp3) is 0.300. The molecule has 9 heteroatoms. The minimum atomic E-state index is -4.30. The highest BCUT2D eigenvalue weighted by Gasteiger charge is 2.28. The van der Waals surface area contributed by atoms with Crippen LogP contribution >= 0.6 is 15.9 Å². The summed E-state index contributed by atoms with van der Waals surface area (Å²) >= 11 is 2.86. The van der Waals surface area contributed by atoms with E-state index in [0.29, 0.717) is 0 Å². The number of carbonyl (C=O) groups excluding carboxylic acids is 1. The number of anilines is 1. The molecule has 4 N–H and O–H groups in total. The molecule has 0 radical (unpaired) electrons. The Labute approximate surface area is 117 Å². The summed E-state index contributed by atoms with van der Waals surface area (Å²) in [4.78, 5) is 10.7. The van der Waals surface area contributed by atoms with E-state index in [-0.39, 0.29) is 16.2 Å². The average Bonchev–Trinajstić information content (AvgIpc) is 3.05. The van der Waals surface area contributed by atoms with Crippen molar-refractivity contribution in [2.24, 2.45) is 0 Å². The van der Waals surface area contributed by atoms with Crippen LogP contribution in [0.25, 0.3) is 0 Å². The van der Waals surface area contributed by atoms with Gasteiger partial charge in [-0.1, -0.05) is 0 Å². The lowest BCUT2D eigenvalue weighted by molar-refractivity contribution is 0.245. The molecule has 0 unspecified atom stereocenters. The predicted molar refractivity (Wildman–Crippen MR) is 70.4 cm³/mol. The number of nitrogen functional groups attached to an aromatic ring is 1. The maximum Gasteiger partial charge on any atom is 0.328 e. The summed E-state index contributed by atoms with van der Waals surface area (Å²) in [6.07, 6.45) is 1.62. The lowest BCUT2D eigenvalue weighted by atomic mass is 10.3. The first-order chi connectivity index (χ1) is 8.79. The van der Waals surface area contributed by atoms with Crippen molar-refractivity contribution in [3.8, 4) is 0 Å². The van der Waals surface area contributed by atoms with Gasteiger partial charge in [-0.15, -0.1) is 0 Å². The van der Waals surface area contributed by atoms with Crippen molar-refractivity contribution < 1.29 is 17.6 Å². The average molecular weight is 352 g/mol. The number of urea groups is 1. The van der Waals surface area contributed by atoms with Crippen molar-refractivity contribution in [2.45, 2.75) is 23.8 Å². The maximum absolute atomic E-state index is 13.7. The second-order valence-electron chi connectivity index (χ2n) is 4.17. The smallest absolute Gasteiger partial charge is 0.328 e. The molecule has 104 valence electrons. The molecule has 6 nitrogen and oxygen atoms in total. The third kappa shape index (κ3) is 3.35. The van der Waals surface area contributed by atoms with Gasteiger partial charge in [0.25, 0.3) is 10.0 Å². The van der Waals surface area contributed by atoms with Gasteiger partial charge in [0.1, 0.15) is 4.90 Å². The van der Waals surface area contributed by atoms with Crippen LogP contribution in [0.5, 0.6) is 0 Å². The third-order valence-corrected chi connectivity index (χ3v) is 4.35. The van der Waals surface area contributed by atoms with E-state index < -0.39 is 26.8 Å². The number of sulfonamides is 1. The first kappa shape index (κ1) is 14.1. The molecule has 1 aliphatic carbocycles.